The summed E-state index contributed by atoms with van der Waals surface area (Å²) in [4.78, 5) is 41.2. The van der Waals surface area contributed by atoms with E-state index in [0.29, 0.717) is 48.5 Å². The van der Waals surface area contributed by atoms with Gasteiger partial charge >= 0.3 is 0 Å². The fourth-order valence-electron chi connectivity index (χ4n) is 3.90. The predicted molar refractivity (Wildman–Crippen MR) is 111 cm³/mol. The molecule has 9 heteroatoms. The lowest BCUT2D eigenvalue weighted by Gasteiger charge is -2.37. The Balaban J connectivity index is 1.26. The number of piperazine rings is 1. The lowest BCUT2D eigenvalue weighted by Crippen LogP contribution is -2.55. The van der Waals surface area contributed by atoms with Crippen molar-refractivity contribution in [2.75, 3.05) is 32.8 Å². The number of amides is 2. The monoisotopic (exact) mass is 420 g/mol. The molecule has 2 aliphatic heterocycles. The smallest absolute Gasteiger partial charge is 0.275 e. The van der Waals surface area contributed by atoms with E-state index in [1.807, 2.05) is 12.1 Å². The molecule has 0 bridgehead atoms. The molecule has 1 unspecified atom stereocenters. The average molecular weight is 420 g/mol. The van der Waals surface area contributed by atoms with Crippen molar-refractivity contribution < 1.29 is 19.1 Å². The van der Waals surface area contributed by atoms with Gasteiger partial charge in [0.05, 0.1) is 5.39 Å². The first-order chi connectivity index (χ1) is 15.1. The number of carbonyl (C=O) groups excluding carboxylic acids is 2. The summed E-state index contributed by atoms with van der Waals surface area (Å²) in [5, 5.41) is 7.31. The Morgan fingerprint density at radius 2 is 1.55 bits per heavy atom. The number of hydrogen-bond donors (Lipinski definition) is 1. The number of H-pyrrole nitrogens is 1. The number of para-hydroxylation sites is 2. The van der Waals surface area contributed by atoms with E-state index in [0.717, 1.165) is 0 Å². The molecule has 1 N–H and O–H groups in total. The van der Waals surface area contributed by atoms with Crippen molar-refractivity contribution in [3.05, 3.63) is 64.6 Å². The molecule has 158 valence electrons. The van der Waals surface area contributed by atoms with Gasteiger partial charge in [0.2, 0.25) is 6.10 Å². The molecule has 3 aromatic rings. The molecule has 0 saturated carbocycles. The topological polar surface area (TPSA) is 105 Å². The second-order valence-electron chi connectivity index (χ2n) is 7.43. The quantitative estimate of drug-likeness (QED) is 0.665. The van der Waals surface area contributed by atoms with E-state index in [-0.39, 0.29) is 29.7 Å². The summed E-state index contributed by atoms with van der Waals surface area (Å²) in [7, 11) is 0. The minimum Gasteiger partial charge on any atom is -0.485 e. The maximum atomic E-state index is 13.0. The Morgan fingerprint density at radius 1 is 0.903 bits per heavy atom. The largest absolute Gasteiger partial charge is 0.485 e. The van der Waals surface area contributed by atoms with Gasteiger partial charge in [0.25, 0.3) is 17.4 Å². The van der Waals surface area contributed by atoms with E-state index in [2.05, 4.69) is 10.2 Å². The van der Waals surface area contributed by atoms with Crippen LogP contribution in [0.25, 0.3) is 10.8 Å². The van der Waals surface area contributed by atoms with Crippen LogP contribution in [0.2, 0.25) is 0 Å². The number of aromatic nitrogens is 2. The summed E-state index contributed by atoms with van der Waals surface area (Å²) < 4.78 is 11.5. The first-order valence-corrected chi connectivity index (χ1v) is 10.1. The number of aromatic amines is 1. The number of benzene rings is 2. The first-order valence-electron chi connectivity index (χ1n) is 10.1. The van der Waals surface area contributed by atoms with Gasteiger partial charge in [-0.15, -0.1) is 0 Å². The third-order valence-electron chi connectivity index (χ3n) is 5.56. The molecule has 5 rings (SSSR count). The Bertz CT molecular complexity index is 1220. The summed E-state index contributed by atoms with van der Waals surface area (Å²) in [5.41, 5.74) is -0.130. The van der Waals surface area contributed by atoms with Crippen molar-refractivity contribution in [3.8, 4) is 11.5 Å². The maximum absolute atomic E-state index is 13.0. The van der Waals surface area contributed by atoms with Gasteiger partial charge in [-0.2, -0.15) is 5.10 Å². The SMILES string of the molecule is O=C(c1n[nH]c(=O)c2ccccc12)N1CCN(C(=O)C2COc3ccccc3O2)CC1. The molecule has 31 heavy (non-hydrogen) atoms. The number of fused-ring (bicyclic) bond motifs is 2. The van der Waals surface area contributed by atoms with Gasteiger partial charge in [-0.1, -0.05) is 30.3 Å². The summed E-state index contributed by atoms with van der Waals surface area (Å²) in [6.07, 6.45) is -0.707. The van der Waals surface area contributed by atoms with E-state index in [4.69, 9.17) is 9.47 Å². The van der Waals surface area contributed by atoms with Gasteiger partial charge < -0.3 is 19.3 Å². The second-order valence-corrected chi connectivity index (χ2v) is 7.43. The van der Waals surface area contributed by atoms with Crippen LogP contribution in [-0.2, 0) is 4.79 Å². The van der Waals surface area contributed by atoms with Crippen molar-refractivity contribution in [3.63, 3.8) is 0 Å². The third-order valence-corrected chi connectivity index (χ3v) is 5.56. The molecule has 0 spiro atoms. The highest BCUT2D eigenvalue weighted by molar-refractivity contribution is 6.04. The fraction of sp³-hybridized carbons (Fsp3) is 0.273. The van der Waals surface area contributed by atoms with Crippen LogP contribution in [0.4, 0.5) is 0 Å². The van der Waals surface area contributed by atoms with E-state index in [1.165, 1.54) is 0 Å². The molecule has 9 nitrogen and oxygen atoms in total. The Labute approximate surface area is 177 Å². The number of nitrogens with one attached hydrogen (secondary N) is 1. The fourth-order valence-corrected chi connectivity index (χ4v) is 3.90. The number of hydrogen-bond acceptors (Lipinski definition) is 6. The molecule has 0 aliphatic carbocycles. The highest BCUT2D eigenvalue weighted by atomic mass is 16.6. The van der Waals surface area contributed by atoms with Crippen LogP contribution in [-0.4, -0.2) is 70.7 Å². The summed E-state index contributed by atoms with van der Waals surface area (Å²) >= 11 is 0. The van der Waals surface area contributed by atoms with E-state index in [9.17, 15) is 14.4 Å². The zero-order valence-electron chi connectivity index (χ0n) is 16.6. The molecule has 2 aromatic carbocycles. The van der Waals surface area contributed by atoms with Crippen molar-refractivity contribution in [2.45, 2.75) is 6.10 Å². The lowest BCUT2D eigenvalue weighted by molar-refractivity contribution is -0.142. The Morgan fingerprint density at radius 3 is 2.32 bits per heavy atom. The zero-order valence-corrected chi connectivity index (χ0v) is 16.6. The van der Waals surface area contributed by atoms with Crippen LogP contribution < -0.4 is 15.0 Å². The van der Waals surface area contributed by atoms with Crippen LogP contribution in [0.5, 0.6) is 11.5 Å². The molecule has 1 saturated heterocycles. The molecule has 3 heterocycles. The average Bonchev–Trinajstić information content (AvgIpc) is 2.83. The Kier molecular flexibility index (Phi) is 4.78. The highest BCUT2D eigenvalue weighted by Gasteiger charge is 2.34. The molecule has 2 amide bonds. The van der Waals surface area contributed by atoms with E-state index in [1.54, 1.807) is 46.2 Å². The molecule has 1 atom stereocenters. The van der Waals surface area contributed by atoms with Crippen molar-refractivity contribution in [2.24, 2.45) is 0 Å². The van der Waals surface area contributed by atoms with Crippen molar-refractivity contribution in [1.29, 1.82) is 0 Å². The molecule has 2 aliphatic rings. The molecule has 1 fully saturated rings. The van der Waals surface area contributed by atoms with Gasteiger partial charge in [0, 0.05) is 31.6 Å². The van der Waals surface area contributed by atoms with Crippen LogP contribution >= 0.6 is 0 Å². The minimum absolute atomic E-state index is 0.155. The Hall–Kier alpha value is -3.88. The normalized spacial score (nSPS) is 18.1. The van der Waals surface area contributed by atoms with Crippen LogP contribution in [0, 0.1) is 0 Å². The second kappa shape index (κ2) is 7.75. The number of rotatable bonds is 2. The minimum atomic E-state index is -0.707. The van der Waals surface area contributed by atoms with E-state index >= 15 is 0 Å². The number of ether oxygens (including phenoxy) is 2. The van der Waals surface area contributed by atoms with E-state index < -0.39 is 6.10 Å². The van der Waals surface area contributed by atoms with Crippen LogP contribution in [0.1, 0.15) is 10.5 Å². The third kappa shape index (κ3) is 3.48. The highest BCUT2D eigenvalue weighted by Crippen LogP contribution is 2.31. The van der Waals surface area contributed by atoms with Crippen molar-refractivity contribution in [1.82, 2.24) is 20.0 Å². The molecular weight excluding hydrogens is 400 g/mol. The van der Waals surface area contributed by atoms with Gasteiger partial charge in [0.1, 0.15) is 6.61 Å². The van der Waals surface area contributed by atoms with Crippen LogP contribution in [0.15, 0.2) is 53.3 Å². The predicted octanol–water partition coefficient (Wildman–Crippen LogP) is 1.05. The summed E-state index contributed by atoms with van der Waals surface area (Å²) in [5.74, 6) is 0.750. The van der Waals surface area contributed by atoms with Gasteiger partial charge in [-0.3, -0.25) is 14.4 Å². The maximum Gasteiger partial charge on any atom is 0.275 e. The first kappa shape index (κ1) is 19.1. The standard InChI is InChI=1S/C22H20N4O5/c27-20-15-6-2-1-5-14(15)19(23-24-20)22(29)26-11-9-25(10-12-26)21(28)18-13-30-16-7-3-4-8-17(16)31-18/h1-8,18H,9-13H2,(H,24,27). The zero-order chi connectivity index (χ0) is 21.4. The molecular formula is C22H20N4O5. The summed E-state index contributed by atoms with van der Waals surface area (Å²) in [6, 6.07) is 14.1. The van der Waals surface area contributed by atoms with Gasteiger partial charge in [0.15, 0.2) is 17.2 Å². The lowest BCUT2D eigenvalue weighted by atomic mass is 10.1. The summed E-state index contributed by atoms with van der Waals surface area (Å²) in [6.45, 7) is 1.65. The number of nitrogens with zero attached hydrogens (tertiary/aromatic N) is 3. The number of carbonyl (C=O) groups is 2. The van der Waals surface area contributed by atoms with Gasteiger partial charge in [-0.25, -0.2) is 5.10 Å². The molecule has 0 radical (unpaired) electrons. The van der Waals surface area contributed by atoms with Gasteiger partial charge in [-0.05, 0) is 18.2 Å². The molecule has 1 aromatic heterocycles. The van der Waals surface area contributed by atoms with Crippen LogP contribution in [0.3, 0.4) is 0 Å². The van der Waals surface area contributed by atoms with Crippen molar-refractivity contribution >= 4 is 22.6 Å².